The van der Waals surface area contributed by atoms with E-state index in [9.17, 15) is 0 Å². The molecule has 0 nitrogen and oxygen atoms in total. The molecule has 0 saturated carbocycles. The Morgan fingerprint density at radius 1 is 0.0690 bits per heavy atom. The van der Waals surface area contributed by atoms with Gasteiger partial charge < -0.3 is 0 Å². The molecule has 116 heavy (non-hydrogen) atoms. The highest BCUT2D eigenvalue weighted by Gasteiger charge is 2.16. The molecule has 0 aromatic rings. The van der Waals surface area contributed by atoms with Gasteiger partial charge in [0, 0.05) is 0 Å². The van der Waals surface area contributed by atoms with Gasteiger partial charge in [0.2, 0.25) is 0 Å². The molecule has 0 aliphatic rings. The monoisotopic (exact) mass is 1630 g/mol. The predicted molar refractivity (Wildman–Crippen MR) is 538 cm³/mol. The Morgan fingerprint density at radius 2 is 0.129 bits per heavy atom. The van der Waals surface area contributed by atoms with Crippen molar-refractivity contribution in [2.24, 2.45) is 11.8 Å². The Balaban J connectivity index is 4.93. The fourth-order valence-electron chi connectivity index (χ4n) is 20.3. The first-order chi connectivity index (χ1) is 57.8. The Kier molecular flexibility index (Phi) is 111. The van der Waals surface area contributed by atoms with Crippen molar-refractivity contribution in [1.82, 2.24) is 0 Å². The largest absolute Gasteiger partial charge is 0.0654 e. The van der Waals surface area contributed by atoms with Crippen LogP contribution in [0.3, 0.4) is 0 Å². The molecule has 0 aromatic heterocycles. The van der Waals surface area contributed by atoms with Crippen molar-refractivity contribution in [3.8, 4) is 0 Å². The van der Waals surface area contributed by atoms with E-state index in [-0.39, 0.29) is 0 Å². The third-order valence-electron chi connectivity index (χ3n) is 28.8. The summed E-state index contributed by atoms with van der Waals surface area (Å²) in [5.41, 5.74) is 0. The molecule has 1 unspecified atom stereocenters. The molecule has 0 spiro atoms. The summed E-state index contributed by atoms with van der Waals surface area (Å²) >= 11 is 0. The molecule has 0 N–H and O–H groups in total. The van der Waals surface area contributed by atoms with Gasteiger partial charge >= 0.3 is 0 Å². The van der Waals surface area contributed by atoms with Crippen LogP contribution in [-0.4, -0.2) is 0 Å². The highest BCUT2D eigenvalue weighted by atomic mass is 14.2. The summed E-state index contributed by atoms with van der Waals surface area (Å²) < 4.78 is 0. The maximum Gasteiger partial charge on any atom is -0.0414 e. The molecule has 0 rings (SSSR count). The van der Waals surface area contributed by atoms with Crippen LogP contribution in [0.2, 0.25) is 0 Å². The standard InChI is InChI=1S/C116H234/c1-5-9-13-17-21-25-29-33-37-41-45-49-53-57-60-61-64-68-72-76-80-84-88-92-96-100-104-108-112-115(109-105-101-97-93-89-85-81-77-73-69-65-56-52-48-44-40-36-32-28-24-20-16-12-8-4)113-114-116(110-106-102-98-94-90-86-82-78-74-70-66-62-58-54-50-46-42-38-34-30-26-22-18-14-10-6-2)111-107-103-99-95-91-87-83-79-75-71-67-63-59-55-51-47-43-39-35-31-27-23-19-15-11-7-3/h115-116H,5-114H2,1-4H3. The lowest BCUT2D eigenvalue weighted by molar-refractivity contribution is 0.308. The average Bonchev–Trinajstić information content (AvgIpc) is 0.961. The predicted octanol–water partition coefficient (Wildman–Crippen LogP) is 45.2. The molecular weight excluding hydrogens is 1390 g/mol. The van der Waals surface area contributed by atoms with Gasteiger partial charge in [-0.1, -0.05) is 734 Å². The van der Waals surface area contributed by atoms with Gasteiger partial charge in [0.1, 0.15) is 0 Å². The Bertz CT molecular complexity index is 1530. The maximum absolute atomic E-state index is 2.33. The highest BCUT2D eigenvalue weighted by molar-refractivity contribution is 4.69. The van der Waals surface area contributed by atoms with Gasteiger partial charge in [0.15, 0.2) is 0 Å². The first-order valence-corrected chi connectivity index (χ1v) is 57.8. The number of hydrogen-bond donors (Lipinski definition) is 0. The minimum atomic E-state index is 1.00. The molecule has 0 heteroatoms. The van der Waals surface area contributed by atoms with Crippen LogP contribution in [0.25, 0.3) is 0 Å². The number of rotatable bonds is 111. The molecule has 0 saturated heterocycles. The zero-order valence-corrected chi connectivity index (χ0v) is 82.9. The Labute approximate surface area is 741 Å². The molecule has 0 bridgehead atoms. The van der Waals surface area contributed by atoms with Crippen LogP contribution in [-0.2, 0) is 0 Å². The molecule has 0 aliphatic heterocycles. The molecule has 0 aliphatic carbocycles. The topological polar surface area (TPSA) is 0 Å². The van der Waals surface area contributed by atoms with Gasteiger partial charge in [-0.05, 0) is 11.8 Å². The number of hydrogen-bond acceptors (Lipinski definition) is 0. The van der Waals surface area contributed by atoms with Crippen molar-refractivity contribution in [3.05, 3.63) is 0 Å². The number of unbranched alkanes of at least 4 members (excludes halogenated alkanes) is 100. The van der Waals surface area contributed by atoms with E-state index in [2.05, 4.69) is 27.7 Å². The summed E-state index contributed by atoms with van der Waals surface area (Å²) in [5.74, 6) is 2.01. The van der Waals surface area contributed by atoms with E-state index in [0.29, 0.717) is 0 Å². The van der Waals surface area contributed by atoms with Crippen molar-refractivity contribution in [2.45, 2.75) is 734 Å². The smallest absolute Gasteiger partial charge is 0.0414 e. The van der Waals surface area contributed by atoms with Crippen LogP contribution in [0.5, 0.6) is 0 Å². The van der Waals surface area contributed by atoms with Gasteiger partial charge in [-0.25, -0.2) is 0 Å². The van der Waals surface area contributed by atoms with Gasteiger partial charge in [-0.2, -0.15) is 0 Å². The van der Waals surface area contributed by atoms with Crippen LogP contribution in [0.1, 0.15) is 734 Å². The van der Waals surface area contributed by atoms with Crippen molar-refractivity contribution in [2.75, 3.05) is 0 Å². The average molecular weight is 1630 g/mol. The van der Waals surface area contributed by atoms with E-state index in [1.807, 2.05) is 0 Å². The van der Waals surface area contributed by atoms with E-state index < -0.39 is 0 Å². The van der Waals surface area contributed by atoms with Crippen LogP contribution in [0, 0.1) is 11.8 Å². The zero-order chi connectivity index (χ0) is 82.9. The van der Waals surface area contributed by atoms with E-state index in [4.69, 9.17) is 0 Å². The third-order valence-corrected chi connectivity index (χ3v) is 28.8. The first kappa shape index (κ1) is 116. The van der Waals surface area contributed by atoms with Crippen molar-refractivity contribution < 1.29 is 0 Å². The van der Waals surface area contributed by atoms with Crippen molar-refractivity contribution in [3.63, 3.8) is 0 Å². The second-order valence-electron chi connectivity index (χ2n) is 40.8. The van der Waals surface area contributed by atoms with Gasteiger partial charge in [-0.3, -0.25) is 0 Å². The van der Waals surface area contributed by atoms with Gasteiger partial charge in [-0.15, -0.1) is 0 Å². The SMILES string of the molecule is CCCCCCCCCCCCCCCCCCCCCCCCCCCCCCC(CCCCCCCCCCCCCCCCCCCCCCCCCC)CCC(CCCCCCCCCCCCCCCCCCCCCCCCCCCC)CCCCCCCCCCCCCCCCCCCCCCCCCCCC. The first-order valence-electron chi connectivity index (χ1n) is 57.8. The fraction of sp³-hybridized carbons (Fsp3) is 1.00. The molecule has 0 aromatic carbocycles. The summed E-state index contributed by atoms with van der Waals surface area (Å²) in [7, 11) is 0. The summed E-state index contributed by atoms with van der Waals surface area (Å²) in [6.45, 7) is 9.32. The van der Waals surface area contributed by atoms with Gasteiger partial charge in [0.05, 0.1) is 0 Å². The summed E-state index contributed by atoms with van der Waals surface area (Å²) in [5, 5.41) is 0. The maximum atomic E-state index is 2.33. The normalized spacial score (nSPS) is 12.2. The molecule has 0 fully saturated rings. The molecule has 0 radical (unpaired) electrons. The Hall–Kier alpha value is 0. The molecule has 0 amide bonds. The van der Waals surface area contributed by atoms with Crippen molar-refractivity contribution in [1.29, 1.82) is 0 Å². The molecule has 698 valence electrons. The lowest BCUT2D eigenvalue weighted by atomic mass is 9.84. The van der Waals surface area contributed by atoms with Crippen LogP contribution >= 0.6 is 0 Å². The second-order valence-corrected chi connectivity index (χ2v) is 40.8. The minimum Gasteiger partial charge on any atom is -0.0654 e. The van der Waals surface area contributed by atoms with Gasteiger partial charge in [0.25, 0.3) is 0 Å². The second kappa shape index (κ2) is 111. The summed E-state index contributed by atoms with van der Waals surface area (Å²) in [6.07, 6.45) is 164. The van der Waals surface area contributed by atoms with E-state index in [0.717, 1.165) is 11.8 Å². The lowest BCUT2D eigenvalue weighted by Gasteiger charge is -2.22. The Morgan fingerprint density at radius 3 is 0.198 bits per heavy atom. The zero-order valence-electron chi connectivity index (χ0n) is 82.9. The molecular formula is C116H234. The van der Waals surface area contributed by atoms with E-state index in [1.54, 1.807) is 38.5 Å². The summed E-state index contributed by atoms with van der Waals surface area (Å²) in [6, 6.07) is 0. The van der Waals surface area contributed by atoms with Crippen LogP contribution in [0.4, 0.5) is 0 Å². The molecule has 0 heterocycles. The quantitative estimate of drug-likeness (QED) is 0.0533. The van der Waals surface area contributed by atoms with Crippen molar-refractivity contribution >= 4 is 0 Å². The van der Waals surface area contributed by atoms with Crippen LogP contribution < -0.4 is 0 Å². The molecule has 1 atom stereocenters. The fourth-order valence-corrected chi connectivity index (χ4v) is 20.3. The lowest BCUT2D eigenvalue weighted by Crippen LogP contribution is -2.07. The van der Waals surface area contributed by atoms with E-state index in [1.165, 1.54) is 668 Å². The van der Waals surface area contributed by atoms with Crippen LogP contribution in [0.15, 0.2) is 0 Å². The summed E-state index contributed by atoms with van der Waals surface area (Å²) in [4.78, 5) is 0. The third kappa shape index (κ3) is 106. The highest BCUT2D eigenvalue weighted by Crippen LogP contribution is 2.32. The van der Waals surface area contributed by atoms with E-state index >= 15 is 0 Å². The minimum absolute atomic E-state index is 1.00.